The zero-order chi connectivity index (χ0) is 6.69. The van der Waals surface area contributed by atoms with Gasteiger partial charge in [-0.2, -0.15) is 5.26 Å². The number of aromatic nitrogens is 2. The van der Waals surface area contributed by atoms with E-state index < -0.39 is 0 Å². The quantitative estimate of drug-likeness (QED) is 0.717. The molecule has 4 heteroatoms. The van der Waals surface area contributed by atoms with Crippen LogP contribution in [0.5, 0.6) is 0 Å². The van der Waals surface area contributed by atoms with Gasteiger partial charge in [-0.25, -0.2) is 4.98 Å². The SMILES string of the molecule is N#CCc1ncc(Br)[nH]1. The van der Waals surface area contributed by atoms with Crippen LogP contribution in [-0.2, 0) is 6.42 Å². The molecular weight excluding hydrogens is 182 g/mol. The lowest BCUT2D eigenvalue weighted by atomic mass is 10.5. The van der Waals surface area contributed by atoms with Crippen molar-refractivity contribution in [2.75, 3.05) is 0 Å². The van der Waals surface area contributed by atoms with E-state index in [9.17, 15) is 0 Å². The molecular formula is C5H4BrN3. The molecule has 1 aromatic rings. The van der Waals surface area contributed by atoms with Gasteiger partial charge in [-0.1, -0.05) is 0 Å². The van der Waals surface area contributed by atoms with E-state index in [1.807, 2.05) is 6.07 Å². The van der Waals surface area contributed by atoms with Crippen LogP contribution in [0.1, 0.15) is 5.82 Å². The van der Waals surface area contributed by atoms with Crippen LogP contribution in [0, 0.1) is 11.3 Å². The van der Waals surface area contributed by atoms with Crippen molar-refractivity contribution >= 4 is 15.9 Å². The molecule has 0 unspecified atom stereocenters. The minimum Gasteiger partial charge on any atom is -0.336 e. The third kappa shape index (κ3) is 1.54. The number of imidazole rings is 1. The number of aromatic amines is 1. The molecule has 0 amide bonds. The summed E-state index contributed by atoms with van der Waals surface area (Å²) in [6.45, 7) is 0. The molecule has 0 atom stereocenters. The largest absolute Gasteiger partial charge is 0.336 e. The molecule has 0 saturated heterocycles. The lowest BCUT2D eigenvalue weighted by Crippen LogP contribution is -1.81. The highest BCUT2D eigenvalue weighted by Gasteiger charge is 1.93. The molecule has 0 bridgehead atoms. The van der Waals surface area contributed by atoms with Crippen molar-refractivity contribution in [3.05, 3.63) is 16.6 Å². The lowest BCUT2D eigenvalue weighted by Gasteiger charge is -1.79. The van der Waals surface area contributed by atoms with Gasteiger partial charge in [0.1, 0.15) is 10.4 Å². The summed E-state index contributed by atoms with van der Waals surface area (Å²) in [6.07, 6.45) is 1.97. The van der Waals surface area contributed by atoms with Crippen LogP contribution < -0.4 is 0 Å². The van der Waals surface area contributed by atoms with Gasteiger partial charge in [-0.3, -0.25) is 0 Å². The first-order chi connectivity index (χ1) is 4.33. The maximum atomic E-state index is 8.20. The molecule has 0 saturated carbocycles. The van der Waals surface area contributed by atoms with Gasteiger partial charge in [0.2, 0.25) is 0 Å². The number of nitrogens with zero attached hydrogens (tertiary/aromatic N) is 2. The first-order valence-electron chi connectivity index (χ1n) is 2.39. The minimum atomic E-state index is 0.339. The van der Waals surface area contributed by atoms with Crippen molar-refractivity contribution in [1.82, 2.24) is 9.97 Å². The molecule has 9 heavy (non-hydrogen) atoms. The van der Waals surface area contributed by atoms with Crippen molar-refractivity contribution in [3.8, 4) is 6.07 Å². The molecule has 1 rings (SSSR count). The predicted molar refractivity (Wildman–Crippen MR) is 35.6 cm³/mol. The van der Waals surface area contributed by atoms with Crippen molar-refractivity contribution in [2.45, 2.75) is 6.42 Å². The van der Waals surface area contributed by atoms with Crippen LogP contribution in [0.3, 0.4) is 0 Å². The maximum absolute atomic E-state index is 8.20. The molecule has 0 fully saturated rings. The Labute approximate surface area is 60.9 Å². The Balaban J connectivity index is 2.76. The Morgan fingerprint density at radius 1 is 1.89 bits per heavy atom. The van der Waals surface area contributed by atoms with Gasteiger partial charge >= 0.3 is 0 Å². The number of nitriles is 1. The fourth-order valence-corrected chi connectivity index (χ4v) is 0.833. The summed E-state index contributed by atoms with van der Waals surface area (Å²) < 4.78 is 0.813. The number of H-pyrrole nitrogens is 1. The number of hydrogen-bond donors (Lipinski definition) is 1. The van der Waals surface area contributed by atoms with Crippen LogP contribution >= 0.6 is 15.9 Å². The van der Waals surface area contributed by atoms with Crippen LogP contribution in [-0.4, -0.2) is 9.97 Å². The molecule has 0 aliphatic carbocycles. The number of hydrogen-bond acceptors (Lipinski definition) is 2. The fraction of sp³-hybridized carbons (Fsp3) is 0.200. The number of nitrogens with one attached hydrogen (secondary N) is 1. The minimum absolute atomic E-state index is 0.339. The van der Waals surface area contributed by atoms with E-state index in [1.54, 1.807) is 6.20 Å². The van der Waals surface area contributed by atoms with Gasteiger partial charge in [0.15, 0.2) is 0 Å². The van der Waals surface area contributed by atoms with Crippen LogP contribution in [0.15, 0.2) is 10.8 Å². The van der Waals surface area contributed by atoms with Crippen molar-refractivity contribution < 1.29 is 0 Å². The van der Waals surface area contributed by atoms with E-state index in [1.165, 1.54) is 0 Å². The molecule has 3 nitrogen and oxygen atoms in total. The second kappa shape index (κ2) is 2.65. The van der Waals surface area contributed by atoms with Crippen molar-refractivity contribution in [1.29, 1.82) is 5.26 Å². The highest BCUT2D eigenvalue weighted by Crippen LogP contribution is 2.04. The summed E-state index contributed by atoms with van der Waals surface area (Å²) in [5.41, 5.74) is 0. The van der Waals surface area contributed by atoms with E-state index in [2.05, 4.69) is 25.9 Å². The van der Waals surface area contributed by atoms with E-state index in [-0.39, 0.29) is 0 Å². The van der Waals surface area contributed by atoms with Gasteiger partial charge in [0.05, 0.1) is 18.7 Å². The highest BCUT2D eigenvalue weighted by atomic mass is 79.9. The first kappa shape index (κ1) is 6.30. The maximum Gasteiger partial charge on any atom is 0.121 e. The summed E-state index contributed by atoms with van der Waals surface area (Å²) >= 11 is 3.17. The normalized spacial score (nSPS) is 8.89. The third-order valence-corrected chi connectivity index (χ3v) is 1.25. The Hall–Kier alpha value is -0.820. The molecule has 0 aromatic carbocycles. The van der Waals surface area contributed by atoms with Crippen molar-refractivity contribution in [3.63, 3.8) is 0 Å². The molecule has 0 radical (unpaired) electrons. The smallest absolute Gasteiger partial charge is 0.121 e. The standard InChI is InChI=1S/C5H4BrN3/c6-4-3-8-5(9-4)1-2-7/h3H,1H2,(H,8,9). The van der Waals surface area contributed by atoms with Gasteiger partial charge < -0.3 is 4.98 Å². The molecule has 0 spiro atoms. The number of halogens is 1. The summed E-state index contributed by atoms with van der Waals surface area (Å²) in [6, 6.07) is 1.98. The van der Waals surface area contributed by atoms with Gasteiger partial charge in [-0.15, -0.1) is 0 Å². The molecule has 1 heterocycles. The molecule has 0 aliphatic rings. The van der Waals surface area contributed by atoms with E-state index in [4.69, 9.17) is 5.26 Å². The molecule has 0 aliphatic heterocycles. The topological polar surface area (TPSA) is 52.5 Å². The first-order valence-corrected chi connectivity index (χ1v) is 3.18. The average Bonchev–Trinajstić information content (AvgIpc) is 2.17. The highest BCUT2D eigenvalue weighted by molar-refractivity contribution is 9.10. The Morgan fingerprint density at radius 3 is 3.11 bits per heavy atom. The summed E-state index contributed by atoms with van der Waals surface area (Å²) in [7, 11) is 0. The van der Waals surface area contributed by atoms with E-state index in [0.717, 1.165) is 4.60 Å². The predicted octanol–water partition coefficient (Wildman–Crippen LogP) is 1.24. The van der Waals surface area contributed by atoms with Crippen LogP contribution in [0.25, 0.3) is 0 Å². The fourth-order valence-electron chi connectivity index (χ4n) is 0.502. The molecule has 1 N–H and O–H groups in total. The Kier molecular flexibility index (Phi) is 1.85. The zero-order valence-corrected chi connectivity index (χ0v) is 6.14. The van der Waals surface area contributed by atoms with Gasteiger partial charge in [0.25, 0.3) is 0 Å². The van der Waals surface area contributed by atoms with E-state index in [0.29, 0.717) is 12.2 Å². The lowest BCUT2D eigenvalue weighted by molar-refractivity contribution is 1.06. The van der Waals surface area contributed by atoms with Crippen LogP contribution in [0.4, 0.5) is 0 Å². The Bertz CT molecular complexity index is 235. The Morgan fingerprint density at radius 2 is 2.67 bits per heavy atom. The van der Waals surface area contributed by atoms with Crippen LogP contribution in [0.2, 0.25) is 0 Å². The second-order valence-electron chi connectivity index (χ2n) is 1.51. The van der Waals surface area contributed by atoms with Gasteiger partial charge in [0, 0.05) is 0 Å². The average molecular weight is 186 g/mol. The van der Waals surface area contributed by atoms with E-state index >= 15 is 0 Å². The summed E-state index contributed by atoms with van der Waals surface area (Å²) in [5, 5.41) is 8.20. The third-order valence-electron chi connectivity index (χ3n) is 0.844. The monoisotopic (exact) mass is 185 g/mol. The second-order valence-corrected chi connectivity index (χ2v) is 2.37. The summed E-state index contributed by atoms with van der Waals surface area (Å²) in [4.78, 5) is 6.74. The zero-order valence-electron chi connectivity index (χ0n) is 4.56. The number of rotatable bonds is 1. The van der Waals surface area contributed by atoms with Gasteiger partial charge in [-0.05, 0) is 15.9 Å². The van der Waals surface area contributed by atoms with Crippen molar-refractivity contribution in [2.24, 2.45) is 0 Å². The molecule has 1 aromatic heterocycles. The molecule has 46 valence electrons. The summed E-state index contributed by atoms with van der Waals surface area (Å²) in [5.74, 6) is 0.698.